The van der Waals surface area contributed by atoms with Crippen molar-refractivity contribution in [3.63, 3.8) is 0 Å². The molecule has 0 saturated carbocycles. The van der Waals surface area contributed by atoms with Crippen LogP contribution >= 0.6 is 0 Å². The summed E-state index contributed by atoms with van der Waals surface area (Å²) in [4.78, 5) is 11.9. The molecule has 98 valence electrons. The van der Waals surface area contributed by atoms with E-state index < -0.39 is 0 Å². The first-order valence-corrected chi connectivity index (χ1v) is 6.11. The Balaban J connectivity index is 1.99. The molecular formula is C15H17N3O. The Morgan fingerprint density at radius 3 is 2.37 bits per heavy atom. The maximum atomic E-state index is 11.9. The molecule has 0 unspecified atom stereocenters. The van der Waals surface area contributed by atoms with Crippen LogP contribution in [0, 0.1) is 0 Å². The third kappa shape index (κ3) is 3.33. The number of benzene rings is 2. The minimum absolute atomic E-state index is 0.119. The molecule has 0 bridgehead atoms. The van der Waals surface area contributed by atoms with Crippen LogP contribution in [0.3, 0.4) is 0 Å². The summed E-state index contributed by atoms with van der Waals surface area (Å²) < 4.78 is 0. The quantitative estimate of drug-likeness (QED) is 0.727. The topological polar surface area (TPSA) is 81.1 Å². The van der Waals surface area contributed by atoms with Gasteiger partial charge >= 0.3 is 0 Å². The van der Waals surface area contributed by atoms with Crippen LogP contribution in [0.15, 0.2) is 48.5 Å². The average molecular weight is 255 g/mol. The maximum absolute atomic E-state index is 11.9. The molecule has 0 aromatic heterocycles. The third-order valence-corrected chi connectivity index (χ3v) is 2.95. The Morgan fingerprint density at radius 2 is 1.74 bits per heavy atom. The van der Waals surface area contributed by atoms with Crippen molar-refractivity contribution < 1.29 is 4.79 Å². The van der Waals surface area contributed by atoms with Crippen molar-refractivity contribution in [2.24, 2.45) is 5.73 Å². The second kappa shape index (κ2) is 6.02. The summed E-state index contributed by atoms with van der Waals surface area (Å²) >= 11 is 0. The third-order valence-electron chi connectivity index (χ3n) is 2.95. The van der Waals surface area contributed by atoms with Gasteiger partial charge in [-0.1, -0.05) is 30.3 Å². The molecule has 4 heteroatoms. The second-order valence-electron chi connectivity index (χ2n) is 4.28. The fourth-order valence-corrected chi connectivity index (χ4v) is 1.76. The van der Waals surface area contributed by atoms with Crippen LogP contribution in [0.5, 0.6) is 0 Å². The van der Waals surface area contributed by atoms with Gasteiger partial charge in [-0.15, -0.1) is 0 Å². The molecule has 19 heavy (non-hydrogen) atoms. The van der Waals surface area contributed by atoms with Crippen LogP contribution < -0.4 is 16.8 Å². The van der Waals surface area contributed by atoms with Crippen molar-refractivity contribution in [2.75, 3.05) is 5.73 Å². The van der Waals surface area contributed by atoms with Gasteiger partial charge in [0.15, 0.2) is 0 Å². The first-order chi connectivity index (χ1) is 9.20. The predicted molar refractivity (Wildman–Crippen MR) is 76.4 cm³/mol. The Labute approximate surface area is 112 Å². The molecule has 0 spiro atoms. The molecule has 0 fully saturated rings. The minimum atomic E-state index is -0.119. The van der Waals surface area contributed by atoms with E-state index in [9.17, 15) is 4.79 Å². The molecule has 4 nitrogen and oxygen atoms in total. The van der Waals surface area contributed by atoms with E-state index in [1.54, 1.807) is 12.1 Å². The van der Waals surface area contributed by atoms with Crippen molar-refractivity contribution in [3.05, 3.63) is 65.2 Å². The molecule has 0 atom stereocenters. The van der Waals surface area contributed by atoms with Crippen LogP contribution in [-0.2, 0) is 13.1 Å². The van der Waals surface area contributed by atoms with E-state index >= 15 is 0 Å². The zero-order chi connectivity index (χ0) is 13.7. The number of amides is 1. The number of nitrogens with two attached hydrogens (primary N) is 2. The SMILES string of the molecule is NCc1ccc(C(=O)NCc2ccccc2N)cc1. The van der Waals surface area contributed by atoms with Crippen molar-refractivity contribution in [2.45, 2.75) is 13.1 Å². The number of rotatable bonds is 4. The highest BCUT2D eigenvalue weighted by molar-refractivity contribution is 5.94. The number of para-hydroxylation sites is 1. The standard InChI is InChI=1S/C15H17N3O/c16-9-11-5-7-12(8-6-11)15(19)18-10-13-3-1-2-4-14(13)17/h1-8H,9-10,16-17H2,(H,18,19). The smallest absolute Gasteiger partial charge is 0.251 e. The summed E-state index contributed by atoms with van der Waals surface area (Å²) in [6, 6.07) is 14.7. The van der Waals surface area contributed by atoms with Gasteiger partial charge in [-0.2, -0.15) is 0 Å². The highest BCUT2D eigenvalue weighted by atomic mass is 16.1. The van der Waals surface area contributed by atoms with E-state index in [1.807, 2.05) is 36.4 Å². The number of carbonyl (C=O) groups excluding carboxylic acids is 1. The molecule has 0 heterocycles. The van der Waals surface area contributed by atoms with Gasteiger partial charge in [-0.3, -0.25) is 4.79 Å². The maximum Gasteiger partial charge on any atom is 0.251 e. The zero-order valence-corrected chi connectivity index (χ0v) is 10.6. The van der Waals surface area contributed by atoms with Gasteiger partial charge in [-0.25, -0.2) is 0 Å². The molecule has 2 aromatic carbocycles. The highest BCUT2D eigenvalue weighted by Crippen LogP contribution is 2.10. The van der Waals surface area contributed by atoms with E-state index in [0.29, 0.717) is 24.3 Å². The summed E-state index contributed by atoms with van der Waals surface area (Å²) in [7, 11) is 0. The monoisotopic (exact) mass is 255 g/mol. The number of nitrogens with one attached hydrogen (secondary N) is 1. The lowest BCUT2D eigenvalue weighted by atomic mass is 10.1. The molecule has 1 amide bonds. The number of nitrogen functional groups attached to an aromatic ring is 1. The van der Waals surface area contributed by atoms with Gasteiger partial charge in [0.2, 0.25) is 0 Å². The number of hydrogen-bond donors (Lipinski definition) is 3. The fourth-order valence-electron chi connectivity index (χ4n) is 1.76. The molecule has 5 N–H and O–H groups in total. The van der Waals surface area contributed by atoms with Crippen LogP contribution in [0.4, 0.5) is 5.69 Å². The largest absolute Gasteiger partial charge is 0.398 e. The highest BCUT2D eigenvalue weighted by Gasteiger charge is 2.05. The van der Waals surface area contributed by atoms with E-state index in [0.717, 1.165) is 11.1 Å². The van der Waals surface area contributed by atoms with E-state index in [4.69, 9.17) is 11.5 Å². The van der Waals surface area contributed by atoms with Crippen molar-refractivity contribution >= 4 is 11.6 Å². The number of carbonyl (C=O) groups is 1. The van der Waals surface area contributed by atoms with Gasteiger partial charge in [0.25, 0.3) is 5.91 Å². The van der Waals surface area contributed by atoms with E-state index in [1.165, 1.54) is 0 Å². The molecular weight excluding hydrogens is 238 g/mol. The normalized spacial score (nSPS) is 10.2. The van der Waals surface area contributed by atoms with Gasteiger partial charge < -0.3 is 16.8 Å². The molecule has 0 aliphatic carbocycles. The molecule has 0 saturated heterocycles. The Bertz CT molecular complexity index is 564. The minimum Gasteiger partial charge on any atom is -0.398 e. The zero-order valence-electron chi connectivity index (χ0n) is 10.6. The van der Waals surface area contributed by atoms with Crippen molar-refractivity contribution in [3.8, 4) is 0 Å². The van der Waals surface area contributed by atoms with E-state index in [-0.39, 0.29) is 5.91 Å². The lowest BCUT2D eigenvalue weighted by Crippen LogP contribution is -2.23. The van der Waals surface area contributed by atoms with Crippen LogP contribution in [-0.4, -0.2) is 5.91 Å². The first-order valence-electron chi connectivity index (χ1n) is 6.11. The van der Waals surface area contributed by atoms with Gasteiger partial charge in [-0.05, 0) is 29.3 Å². The van der Waals surface area contributed by atoms with Crippen molar-refractivity contribution in [1.82, 2.24) is 5.32 Å². The summed E-state index contributed by atoms with van der Waals surface area (Å²) in [6.07, 6.45) is 0. The van der Waals surface area contributed by atoms with Gasteiger partial charge in [0, 0.05) is 24.3 Å². The second-order valence-corrected chi connectivity index (χ2v) is 4.28. The lowest BCUT2D eigenvalue weighted by Gasteiger charge is -2.08. The predicted octanol–water partition coefficient (Wildman–Crippen LogP) is 1.66. The molecule has 0 aliphatic rings. The summed E-state index contributed by atoms with van der Waals surface area (Å²) in [5, 5.41) is 2.84. The molecule has 2 rings (SSSR count). The number of hydrogen-bond acceptors (Lipinski definition) is 3. The molecule has 0 radical (unpaired) electrons. The lowest BCUT2D eigenvalue weighted by molar-refractivity contribution is 0.0951. The average Bonchev–Trinajstić information content (AvgIpc) is 2.46. The summed E-state index contributed by atoms with van der Waals surface area (Å²) in [6.45, 7) is 0.895. The van der Waals surface area contributed by atoms with Gasteiger partial charge in [0.05, 0.1) is 0 Å². The summed E-state index contributed by atoms with van der Waals surface area (Å²) in [5.74, 6) is -0.119. The Hall–Kier alpha value is -2.33. The molecule has 0 aliphatic heterocycles. The van der Waals surface area contributed by atoms with Crippen molar-refractivity contribution in [1.29, 1.82) is 0 Å². The Morgan fingerprint density at radius 1 is 1.05 bits per heavy atom. The van der Waals surface area contributed by atoms with Gasteiger partial charge in [0.1, 0.15) is 0 Å². The summed E-state index contributed by atoms with van der Waals surface area (Å²) in [5.41, 5.74) is 14.5. The fraction of sp³-hybridized carbons (Fsp3) is 0.133. The Kier molecular flexibility index (Phi) is 4.15. The first kappa shape index (κ1) is 13.1. The van der Waals surface area contributed by atoms with Crippen LogP contribution in [0.25, 0.3) is 0 Å². The molecule has 2 aromatic rings. The number of anilines is 1. The van der Waals surface area contributed by atoms with Crippen LogP contribution in [0.1, 0.15) is 21.5 Å². The van der Waals surface area contributed by atoms with Crippen LogP contribution in [0.2, 0.25) is 0 Å². The van der Waals surface area contributed by atoms with E-state index in [2.05, 4.69) is 5.32 Å².